The first-order chi connectivity index (χ1) is 14.3. The molecule has 160 valence electrons. The molecular formula is C18H17F2N3O6S. The van der Waals surface area contributed by atoms with Crippen LogP contribution in [0.15, 0.2) is 40.4 Å². The van der Waals surface area contributed by atoms with Gasteiger partial charge in [0.2, 0.25) is 11.0 Å². The van der Waals surface area contributed by atoms with Gasteiger partial charge in [0.25, 0.3) is 0 Å². The number of ether oxygens (including phenoxy) is 2. The second kappa shape index (κ2) is 8.95. The number of benzene rings is 1. The highest BCUT2D eigenvalue weighted by Gasteiger charge is 2.30. The molecule has 0 saturated carbocycles. The quantitative estimate of drug-likeness (QED) is 0.541. The first-order valence-electron chi connectivity index (χ1n) is 8.70. The van der Waals surface area contributed by atoms with Crippen LogP contribution in [0.2, 0.25) is 0 Å². The van der Waals surface area contributed by atoms with Crippen molar-refractivity contribution in [2.24, 2.45) is 4.99 Å². The summed E-state index contributed by atoms with van der Waals surface area (Å²) in [6, 6.07) is 4.31. The molecule has 1 aromatic heterocycles. The predicted octanol–water partition coefficient (Wildman–Crippen LogP) is 3.25. The molecule has 0 amide bonds. The van der Waals surface area contributed by atoms with Crippen LogP contribution in [0.3, 0.4) is 0 Å². The zero-order chi connectivity index (χ0) is 21.8. The maximum atomic E-state index is 13.5. The molecule has 1 aliphatic heterocycles. The van der Waals surface area contributed by atoms with E-state index >= 15 is 0 Å². The summed E-state index contributed by atoms with van der Waals surface area (Å²) in [5.41, 5.74) is 0.159. The van der Waals surface area contributed by atoms with Gasteiger partial charge in [-0.15, -0.1) is 0 Å². The SMILES string of the molecule is CCOC(=O)O[SH]1C=C(C(=O)OCC)N=C1n1nc(-c2ccc(F)c(F)c2)cc1O. The average Bonchev–Trinajstić information content (AvgIpc) is 3.28. The molecule has 0 fully saturated rings. The van der Waals surface area contributed by atoms with E-state index in [0.717, 1.165) is 16.8 Å². The topological polar surface area (TPSA) is 112 Å². The Hall–Kier alpha value is -3.41. The minimum absolute atomic E-state index is 0.0626. The highest BCUT2D eigenvalue weighted by molar-refractivity contribution is 8.29. The fraction of sp³-hybridized carbons (Fsp3) is 0.222. The molecule has 0 aliphatic carbocycles. The predicted molar refractivity (Wildman–Crippen MR) is 104 cm³/mol. The lowest BCUT2D eigenvalue weighted by molar-refractivity contribution is -0.138. The van der Waals surface area contributed by atoms with Gasteiger partial charge in [-0.25, -0.2) is 23.4 Å². The Morgan fingerprint density at radius 1 is 1.13 bits per heavy atom. The lowest BCUT2D eigenvalue weighted by Gasteiger charge is -2.15. The third kappa shape index (κ3) is 4.43. The second-order valence-corrected chi connectivity index (χ2v) is 7.17. The summed E-state index contributed by atoms with van der Waals surface area (Å²) in [4.78, 5) is 27.9. The van der Waals surface area contributed by atoms with Crippen LogP contribution in [0.4, 0.5) is 13.6 Å². The fourth-order valence-corrected chi connectivity index (χ4v) is 3.79. The number of hydrogen-bond donors (Lipinski definition) is 2. The van der Waals surface area contributed by atoms with Gasteiger partial charge in [0.05, 0.1) is 18.9 Å². The Morgan fingerprint density at radius 3 is 2.53 bits per heavy atom. The Balaban J connectivity index is 1.97. The van der Waals surface area contributed by atoms with Crippen LogP contribution in [0.5, 0.6) is 5.88 Å². The van der Waals surface area contributed by atoms with Crippen molar-refractivity contribution in [3.63, 3.8) is 0 Å². The molecule has 2 aromatic rings. The zero-order valence-corrected chi connectivity index (χ0v) is 16.7. The largest absolute Gasteiger partial charge is 0.519 e. The molecule has 0 saturated heterocycles. The van der Waals surface area contributed by atoms with Crippen molar-refractivity contribution >= 4 is 28.5 Å². The Bertz CT molecular complexity index is 1050. The van der Waals surface area contributed by atoms with Gasteiger partial charge in [0.15, 0.2) is 17.3 Å². The number of hydrogen-bond acceptors (Lipinski definition) is 8. The minimum atomic E-state index is -1.98. The highest BCUT2D eigenvalue weighted by Crippen LogP contribution is 2.41. The van der Waals surface area contributed by atoms with Gasteiger partial charge < -0.3 is 18.8 Å². The third-order valence-corrected chi connectivity index (χ3v) is 5.18. The lowest BCUT2D eigenvalue weighted by Crippen LogP contribution is -2.15. The number of thiol groups is 1. The van der Waals surface area contributed by atoms with E-state index in [1.54, 1.807) is 13.8 Å². The molecule has 0 bridgehead atoms. The van der Waals surface area contributed by atoms with Crippen LogP contribution in [-0.4, -0.2) is 45.4 Å². The Morgan fingerprint density at radius 2 is 1.87 bits per heavy atom. The molecule has 30 heavy (non-hydrogen) atoms. The molecule has 1 N–H and O–H groups in total. The van der Waals surface area contributed by atoms with Crippen LogP contribution in [0, 0.1) is 11.6 Å². The molecule has 1 aromatic carbocycles. The van der Waals surface area contributed by atoms with Gasteiger partial charge in [-0.05, 0) is 43.2 Å². The normalized spacial score (nSPS) is 16.6. The third-order valence-electron chi connectivity index (χ3n) is 3.67. The van der Waals surface area contributed by atoms with Crippen LogP contribution >= 0.6 is 11.2 Å². The molecule has 12 heteroatoms. The van der Waals surface area contributed by atoms with E-state index in [0.29, 0.717) is 0 Å². The maximum absolute atomic E-state index is 13.5. The maximum Gasteiger partial charge on any atom is 0.519 e. The van der Waals surface area contributed by atoms with Gasteiger partial charge in [-0.1, -0.05) is 0 Å². The summed E-state index contributed by atoms with van der Waals surface area (Å²) in [6.45, 7) is 3.37. The molecule has 3 rings (SSSR count). The van der Waals surface area contributed by atoms with E-state index in [2.05, 4.69) is 10.1 Å². The molecule has 2 heterocycles. The second-order valence-electron chi connectivity index (χ2n) is 5.68. The molecule has 0 radical (unpaired) electrons. The van der Waals surface area contributed by atoms with Crippen molar-refractivity contribution in [1.82, 2.24) is 9.78 Å². The number of aromatic nitrogens is 2. The molecular weight excluding hydrogens is 424 g/mol. The minimum Gasteiger partial charge on any atom is -0.493 e. The van der Waals surface area contributed by atoms with Gasteiger partial charge in [-0.3, -0.25) is 0 Å². The Kier molecular flexibility index (Phi) is 6.35. The molecule has 0 spiro atoms. The summed E-state index contributed by atoms with van der Waals surface area (Å²) in [5, 5.41) is 15.6. The number of aliphatic imine (C=N–C) groups is 1. The number of halogens is 2. The smallest absolute Gasteiger partial charge is 0.493 e. The standard InChI is InChI=1S/C18H17F2N3O6S/c1-3-27-16(25)14-9-30(29-18(26)28-4-2)17(21-14)23-15(24)8-13(22-23)10-5-6-11(19)12(20)7-10/h5-9,24,30H,3-4H2,1-2H3. The molecule has 1 unspecified atom stereocenters. The lowest BCUT2D eigenvalue weighted by atomic mass is 10.1. The van der Waals surface area contributed by atoms with E-state index in [-0.39, 0.29) is 35.3 Å². The Labute approximate surface area is 172 Å². The van der Waals surface area contributed by atoms with E-state index in [1.807, 2.05) is 0 Å². The van der Waals surface area contributed by atoms with Crippen molar-refractivity contribution in [2.75, 3.05) is 13.2 Å². The van der Waals surface area contributed by atoms with Gasteiger partial charge >= 0.3 is 12.1 Å². The van der Waals surface area contributed by atoms with Gasteiger partial charge in [0.1, 0.15) is 0 Å². The molecule has 1 atom stereocenters. The number of carbonyl (C=O) groups excluding carboxylic acids is 2. The number of nitrogens with zero attached hydrogens (tertiary/aromatic N) is 3. The number of rotatable bonds is 5. The van der Waals surface area contributed by atoms with Crippen molar-refractivity contribution in [3.05, 3.63) is 47.0 Å². The monoisotopic (exact) mass is 441 g/mol. The van der Waals surface area contributed by atoms with Crippen molar-refractivity contribution in [3.8, 4) is 17.1 Å². The van der Waals surface area contributed by atoms with Crippen molar-refractivity contribution in [1.29, 1.82) is 0 Å². The van der Waals surface area contributed by atoms with Crippen LogP contribution < -0.4 is 0 Å². The number of aromatic hydroxyl groups is 1. The molecule has 9 nitrogen and oxygen atoms in total. The first-order valence-corrected chi connectivity index (χ1v) is 10.0. The summed E-state index contributed by atoms with van der Waals surface area (Å²) in [5.74, 6) is -3.29. The van der Waals surface area contributed by atoms with Crippen LogP contribution in [-0.2, 0) is 18.5 Å². The van der Waals surface area contributed by atoms with E-state index in [1.165, 1.54) is 17.5 Å². The van der Waals surface area contributed by atoms with E-state index in [4.69, 9.17) is 13.7 Å². The molecule has 1 aliphatic rings. The summed E-state index contributed by atoms with van der Waals surface area (Å²) in [6.07, 6.45) is -0.995. The van der Waals surface area contributed by atoms with E-state index in [9.17, 15) is 23.5 Å². The highest BCUT2D eigenvalue weighted by atomic mass is 32.2. The summed E-state index contributed by atoms with van der Waals surface area (Å²) in [7, 11) is 0. The van der Waals surface area contributed by atoms with Gasteiger partial charge in [0, 0.05) is 17.0 Å². The van der Waals surface area contributed by atoms with Crippen LogP contribution in [0.25, 0.3) is 11.3 Å². The number of carbonyl (C=O) groups is 2. The first kappa shape index (κ1) is 21.3. The fourth-order valence-electron chi connectivity index (χ4n) is 2.41. The van der Waals surface area contributed by atoms with Gasteiger partial charge in [-0.2, -0.15) is 9.78 Å². The zero-order valence-electron chi connectivity index (χ0n) is 15.8. The van der Waals surface area contributed by atoms with Crippen LogP contribution in [0.1, 0.15) is 13.8 Å². The van der Waals surface area contributed by atoms with E-state index < -0.39 is 40.8 Å². The summed E-state index contributed by atoms with van der Waals surface area (Å²) < 4.78 is 42.5. The average molecular weight is 441 g/mol. The van der Waals surface area contributed by atoms with Crippen molar-refractivity contribution < 1.29 is 37.1 Å². The summed E-state index contributed by atoms with van der Waals surface area (Å²) >= 11 is -1.98. The van der Waals surface area contributed by atoms with Crippen molar-refractivity contribution in [2.45, 2.75) is 13.8 Å². The number of esters is 1.